The summed E-state index contributed by atoms with van der Waals surface area (Å²) < 4.78 is 0. The highest BCUT2D eigenvalue weighted by Crippen LogP contribution is 2.22. The van der Waals surface area contributed by atoms with Crippen LogP contribution in [0.15, 0.2) is 147 Å². The Morgan fingerprint density at radius 3 is 1.46 bits per heavy atom. The molecule has 48 heavy (non-hydrogen) atoms. The molecule has 0 spiro atoms. The van der Waals surface area contributed by atoms with Gasteiger partial charge >= 0.3 is 0 Å². The number of nitrogen functional groups attached to an aromatic ring is 4. The summed E-state index contributed by atoms with van der Waals surface area (Å²) in [7, 11) is 0. The van der Waals surface area contributed by atoms with Crippen LogP contribution in [0.4, 0.5) is 45.5 Å². The normalized spacial score (nSPS) is 15.8. The van der Waals surface area contributed by atoms with Gasteiger partial charge in [0.25, 0.3) is 0 Å². The second-order valence-electron chi connectivity index (χ2n) is 10.5. The quantitative estimate of drug-likeness (QED) is 0.106. The molecule has 0 amide bonds. The molecular formula is C35H32N10O3. The Kier molecular flexibility index (Phi) is 9.61. The fourth-order valence-electron chi connectivity index (χ4n) is 4.22. The number of allylic oxidation sites excluding steroid dienone is 2. The monoisotopic (exact) mass is 640 g/mol. The molecule has 0 fully saturated rings. The molecule has 4 aromatic carbocycles. The van der Waals surface area contributed by atoms with E-state index in [0.29, 0.717) is 57.0 Å². The van der Waals surface area contributed by atoms with Gasteiger partial charge in [-0.25, -0.2) is 15.0 Å². The SMILES string of the molecule is NC1=NC(=Nc2ccc(N)cc2)C(Nc2ccc(N)cc2)=CC1=O.Nc1ccc(N=C2C=C(Nc3ccc(N)cc3)C(=O)C=C2O)cc1. The number of hydrogen-bond acceptors (Lipinski definition) is 12. The van der Waals surface area contributed by atoms with Crippen molar-refractivity contribution in [1.82, 2.24) is 0 Å². The minimum Gasteiger partial charge on any atom is -0.506 e. The number of rotatable bonds is 6. The highest BCUT2D eigenvalue weighted by atomic mass is 16.3. The van der Waals surface area contributed by atoms with Gasteiger partial charge in [-0.3, -0.25) is 9.59 Å². The molecule has 0 radical (unpaired) electrons. The Morgan fingerprint density at radius 1 is 0.521 bits per heavy atom. The first-order valence-electron chi connectivity index (χ1n) is 14.4. The summed E-state index contributed by atoms with van der Waals surface area (Å²) in [4.78, 5) is 36.7. The molecule has 0 bridgehead atoms. The number of nitrogens with two attached hydrogens (primary N) is 5. The molecule has 240 valence electrons. The van der Waals surface area contributed by atoms with Gasteiger partial charge in [0.05, 0.1) is 22.8 Å². The van der Waals surface area contributed by atoms with Crippen molar-refractivity contribution >= 4 is 74.4 Å². The van der Waals surface area contributed by atoms with Gasteiger partial charge in [0.2, 0.25) is 11.6 Å². The van der Waals surface area contributed by atoms with Crippen molar-refractivity contribution in [3.63, 3.8) is 0 Å². The van der Waals surface area contributed by atoms with E-state index in [4.69, 9.17) is 28.7 Å². The smallest absolute Gasteiger partial charge is 0.222 e. The van der Waals surface area contributed by atoms with Gasteiger partial charge in [-0.2, -0.15) is 0 Å². The molecule has 0 unspecified atom stereocenters. The zero-order chi connectivity index (χ0) is 34.2. The molecule has 1 heterocycles. The first-order valence-corrected chi connectivity index (χ1v) is 14.4. The molecule has 0 saturated heterocycles. The van der Waals surface area contributed by atoms with Crippen LogP contribution in [0.3, 0.4) is 0 Å². The van der Waals surface area contributed by atoms with Crippen molar-refractivity contribution in [2.45, 2.75) is 0 Å². The summed E-state index contributed by atoms with van der Waals surface area (Å²) in [6.07, 6.45) is 4.01. The molecule has 6 rings (SSSR count). The third-order valence-corrected chi connectivity index (χ3v) is 6.72. The van der Waals surface area contributed by atoms with E-state index in [2.05, 4.69) is 25.6 Å². The molecule has 13 N–H and O–H groups in total. The van der Waals surface area contributed by atoms with E-state index in [1.165, 1.54) is 12.2 Å². The van der Waals surface area contributed by atoms with E-state index >= 15 is 0 Å². The van der Waals surface area contributed by atoms with E-state index < -0.39 is 0 Å². The molecule has 2 aliphatic rings. The fourth-order valence-corrected chi connectivity index (χ4v) is 4.22. The first kappa shape index (κ1) is 32.2. The Hall–Kier alpha value is -7.15. The lowest BCUT2D eigenvalue weighted by molar-refractivity contribution is -0.111. The topological polar surface area (TPSA) is 246 Å². The molecule has 1 aliphatic heterocycles. The number of nitrogens with one attached hydrogen (secondary N) is 2. The Labute approximate surface area is 275 Å². The third-order valence-electron chi connectivity index (χ3n) is 6.72. The number of carbonyl (C=O) groups is 2. The van der Waals surface area contributed by atoms with Crippen molar-refractivity contribution in [1.29, 1.82) is 0 Å². The van der Waals surface area contributed by atoms with Crippen molar-refractivity contribution in [3.05, 3.63) is 132 Å². The number of aliphatic imine (C=N–C) groups is 3. The summed E-state index contributed by atoms with van der Waals surface area (Å²) in [5.74, 6) is -0.676. The van der Waals surface area contributed by atoms with Crippen molar-refractivity contribution in [2.75, 3.05) is 33.6 Å². The maximum atomic E-state index is 12.1. The third kappa shape index (κ3) is 8.51. The maximum Gasteiger partial charge on any atom is 0.222 e. The summed E-state index contributed by atoms with van der Waals surface area (Å²) >= 11 is 0. The number of anilines is 6. The average molecular weight is 641 g/mol. The van der Waals surface area contributed by atoms with Crippen LogP contribution in [-0.4, -0.2) is 34.1 Å². The van der Waals surface area contributed by atoms with Gasteiger partial charge in [-0.1, -0.05) is 0 Å². The average Bonchev–Trinajstić information content (AvgIpc) is 3.06. The van der Waals surface area contributed by atoms with Crippen LogP contribution in [0.25, 0.3) is 0 Å². The summed E-state index contributed by atoms with van der Waals surface area (Å²) in [6.45, 7) is 0. The van der Waals surface area contributed by atoms with Crippen molar-refractivity contribution in [2.24, 2.45) is 20.7 Å². The number of dihydropyridines is 1. The molecule has 1 aliphatic carbocycles. The minimum atomic E-state index is -0.371. The number of amidine groups is 2. The van der Waals surface area contributed by atoms with E-state index in [-0.39, 0.29) is 28.9 Å². The van der Waals surface area contributed by atoms with E-state index in [0.717, 1.165) is 11.8 Å². The number of aliphatic hydroxyl groups is 1. The van der Waals surface area contributed by atoms with Crippen molar-refractivity contribution < 1.29 is 14.7 Å². The van der Waals surface area contributed by atoms with Crippen LogP contribution < -0.4 is 39.3 Å². The molecular weight excluding hydrogens is 608 g/mol. The lowest BCUT2D eigenvalue weighted by Gasteiger charge is -2.15. The standard InChI is InChI=1S/C18H16N4O2.C17H16N6O/c19-11-1-5-13(6-2-11)21-15-9-16(18(24)10-17(15)23)22-14-7-3-12(20)4-8-14;18-10-1-5-12(6-2-10)21-14-9-15(24)16(20)23-17(14)22-13-7-3-11(19)4-8-13/h1-10,21,24H,19-20H2;1-9,21H,18-19H2,(H2,20,22,23). The number of carbonyl (C=O) groups excluding carboxylic acids is 2. The fraction of sp³-hybridized carbons (Fsp3) is 0. The second-order valence-corrected chi connectivity index (χ2v) is 10.5. The predicted octanol–water partition coefficient (Wildman–Crippen LogP) is 4.76. The molecule has 13 heteroatoms. The maximum absolute atomic E-state index is 12.1. The van der Waals surface area contributed by atoms with Crippen molar-refractivity contribution in [3.8, 4) is 0 Å². The molecule has 0 atom stereocenters. The largest absolute Gasteiger partial charge is 0.506 e. The lowest BCUT2D eigenvalue weighted by Crippen LogP contribution is -2.30. The number of hydrogen-bond donors (Lipinski definition) is 8. The predicted molar refractivity (Wildman–Crippen MR) is 193 cm³/mol. The Morgan fingerprint density at radius 2 is 0.958 bits per heavy atom. The van der Waals surface area contributed by atoms with Crippen LogP contribution in [0, 0.1) is 0 Å². The van der Waals surface area contributed by atoms with Crippen LogP contribution in [0.1, 0.15) is 0 Å². The molecule has 0 aromatic heterocycles. The first-order chi connectivity index (χ1) is 23.0. The van der Waals surface area contributed by atoms with E-state index in [1.54, 1.807) is 97.1 Å². The van der Waals surface area contributed by atoms with Crippen LogP contribution in [0.5, 0.6) is 0 Å². The van der Waals surface area contributed by atoms with Crippen LogP contribution in [-0.2, 0) is 9.59 Å². The Balaban J connectivity index is 0.000000188. The zero-order valence-electron chi connectivity index (χ0n) is 25.5. The number of benzene rings is 4. The van der Waals surface area contributed by atoms with Gasteiger partial charge in [-0.15, -0.1) is 0 Å². The van der Waals surface area contributed by atoms with E-state index in [1.807, 2.05) is 0 Å². The zero-order valence-corrected chi connectivity index (χ0v) is 25.5. The van der Waals surface area contributed by atoms with Crippen LogP contribution in [0.2, 0.25) is 0 Å². The molecule has 4 aromatic rings. The van der Waals surface area contributed by atoms with Gasteiger partial charge in [0, 0.05) is 46.3 Å². The van der Waals surface area contributed by atoms with Gasteiger partial charge in [0.15, 0.2) is 11.7 Å². The molecule has 13 nitrogen and oxygen atoms in total. The lowest BCUT2D eigenvalue weighted by atomic mass is 10.1. The second kappa shape index (κ2) is 14.3. The number of aliphatic hydroxyl groups excluding tert-OH is 1. The summed E-state index contributed by atoms with van der Waals surface area (Å²) in [6, 6.07) is 27.9. The Bertz CT molecular complexity index is 2020. The highest BCUT2D eigenvalue weighted by molar-refractivity contribution is 6.47. The van der Waals surface area contributed by atoms with Gasteiger partial charge in [0.1, 0.15) is 11.5 Å². The minimum absolute atomic E-state index is 0.105. The van der Waals surface area contributed by atoms with Gasteiger partial charge < -0.3 is 44.4 Å². The van der Waals surface area contributed by atoms with E-state index in [9.17, 15) is 14.7 Å². The highest BCUT2D eigenvalue weighted by Gasteiger charge is 2.20. The van der Waals surface area contributed by atoms with Gasteiger partial charge in [-0.05, 0) is 103 Å². The summed E-state index contributed by atoms with van der Waals surface area (Å²) in [5, 5.41) is 16.1. The summed E-state index contributed by atoms with van der Waals surface area (Å²) in [5.41, 5.74) is 34.6. The van der Waals surface area contributed by atoms with Crippen LogP contribution >= 0.6 is 0 Å². The number of nitrogens with zero attached hydrogens (tertiary/aromatic N) is 3. The number of ketones is 2. The molecule has 0 saturated carbocycles.